The van der Waals surface area contributed by atoms with E-state index < -0.39 is 22.9 Å². The first kappa shape index (κ1) is 24.1. The van der Waals surface area contributed by atoms with Gasteiger partial charge in [-0.1, -0.05) is 30.3 Å². The molecule has 1 saturated heterocycles. The first-order valence-corrected chi connectivity index (χ1v) is 10.9. The molecule has 1 heterocycles. The van der Waals surface area contributed by atoms with E-state index in [4.69, 9.17) is 9.47 Å². The lowest BCUT2D eigenvalue weighted by Gasteiger charge is -2.14. The minimum atomic E-state index is -0.525. The number of thioether (sulfide) groups is 1. The molecule has 0 radical (unpaired) electrons. The van der Waals surface area contributed by atoms with Gasteiger partial charge in [-0.05, 0) is 48.0 Å². The Morgan fingerprint density at radius 3 is 2.73 bits per heavy atom. The summed E-state index contributed by atoms with van der Waals surface area (Å²) in [5.74, 6) is -0.501. The topological polar surface area (TPSA) is 84.9 Å². The number of hydrogen-bond donors (Lipinski definition) is 1. The van der Waals surface area contributed by atoms with Crippen LogP contribution in [0.15, 0.2) is 60.0 Å². The number of carbonyl (C=O) groups is 3. The van der Waals surface area contributed by atoms with E-state index in [0.717, 1.165) is 22.2 Å². The Kier molecular flexibility index (Phi) is 8.26. The van der Waals surface area contributed by atoms with Crippen LogP contribution < -0.4 is 14.8 Å². The molecule has 1 aliphatic rings. The molecule has 1 aliphatic heterocycles. The number of nitrogens with one attached hydrogen (secondary N) is 1. The SMILES string of the molecule is C=CCc1ccc(OCC(=O)NCCN2C(=O)S/C(=C\c3ccccc3F)C2=O)c(OC)c1. The summed E-state index contributed by atoms with van der Waals surface area (Å²) >= 11 is 0.735. The number of hydrogen-bond acceptors (Lipinski definition) is 6. The Bertz CT molecular complexity index is 1100. The lowest BCUT2D eigenvalue weighted by Crippen LogP contribution is -2.38. The molecule has 33 heavy (non-hydrogen) atoms. The molecule has 1 fully saturated rings. The maximum atomic E-state index is 13.8. The van der Waals surface area contributed by atoms with Crippen LogP contribution in [0.25, 0.3) is 6.08 Å². The number of benzene rings is 2. The third kappa shape index (κ3) is 6.23. The van der Waals surface area contributed by atoms with Gasteiger partial charge >= 0.3 is 0 Å². The fourth-order valence-electron chi connectivity index (χ4n) is 3.05. The van der Waals surface area contributed by atoms with Gasteiger partial charge in [0.15, 0.2) is 18.1 Å². The zero-order chi connectivity index (χ0) is 23.8. The van der Waals surface area contributed by atoms with E-state index in [1.807, 2.05) is 12.1 Å². The van der Waals surface area contributed by atoms with Crippen molar-refractivity contribution in [1.82, 2.24) is 10.2 Å². The largest absolute Gasteiger partial charge is 0.493 e. The molecule has 3 amide bonds. The van der Waals surface area contributed by atoms with Gasteiger partial charge in [0, 0.05) is 18.7 Å². The van der Waals surface area contributed by atoms with Crippen molar-refractivity contribution in [3.8, 4) is 11.5 Å². The molecule has 0 aromatic heterocycles. The zero-order valence-corrected chi connectivity index (χ0v) is 18.8. The second kappa shape index (κ2) is 11.3. The monoisotopic (exact) mass is 470 g/mol. The summed E-state index contributed by atoms with van der Waals surface area (Å²) < 4.78 is 24.6. The molecular weight excluding hydrogens is 447 g/mol. The molecule has 2 aromatic carbocycles. The average Bonchev–Trinajstić information content (AvgIpc) is 3.07. The number of amides is 3. The van der Waals surface area contributed by atoms with Gasteiger partial charge in [0.1, 0.15) is 5.82 Å². The highest BCUT2D eigenvalue weighted by Crippen LogP contribution is 2.32. The highest BCUT2D eigenvalue weighted by Gasteiger charge is 2.34. The van der Waals surface area contributed by atoms with Crippen molar-refractivity contribution in [3.63, 3.8) is 0 Å². The van der Waals surface area contributed by atoms with Gasteiger partial charge in [-0.3, -0.25) is 19.3 Å². The Morgan fingerprint density at radius 1 is 1.21 bits per heavy atom. The lowest BCUT2D eigenvalue weighted by atomic mass is 10.1. The summed E-state index contributed by atoms with van der Waals surface area (Å²) in [5, 5.41) is 2.14. The van der Waals surface area contributed by atoms with Crippen LogP contribution in [-0.4, -0.2) is 48.8 Å². The molecule has 0 spiro atoms. The molecule has 172 valence electrons. The summed E-state index contributed by atoms with van der Waals surface area (Å²) in [4.78, 5) is 37.9. The van der Waals surface area contributed by atoms with Gasteiger partial charge in [0.2, 0.25) is 0 Å². The van der Waals surface area contributed by atoms with Gasteiger partial charge in [-0.15, -0.1) is 6.58 Å². The van der Waals surface area contributed by atoms with Crippen molar-refractivity contribution in [3.05, 3.63) is 77.0 Å². The number of allylic oxidation sites excluding steroid dienone is 1. The quantitative estimate of drug-likeness (QED) is 0.420. The van der Waals surface area contributed by atoms with Crippen molar-refractivity contribution in [2.45, 2.75) is 6.42 Å². The number of imide groups is 1. The molecule has 1 N–H and O–H groups in total. The van der Waals surface area contributed by atoms with Crippen molar-refractivity contribution in [2.75, 3.05) is 26.8 Å². The Labute approximate surface area is 195 Å². The van der Waals surface area contributed by atoms with E-state index in [0.29, 0.717) is 17.9 Å². The van der Waals surface area contributed by atoms with Gasteiger partial charge < -0.3 is 14.8 Å². The van der Waals surface area contributed by atoms with Crippen LogP contribution in [0.4, 0.5) is 9.18 Å². The predicted molar refractivity (Wildman–Crippen MR) is 124 cm³/mol. The van der Waals surface area contributed by atoms with E-state index in [1.165, 1.54) is 25.3 Å². The number of halogens is 1. The van der Waals surface area contributed by atoms with Gasteiger partial charge in [-0.25, -0.2) is 4.39 Å². The minimum Gasteiger partial charge on any atom is -0.493 e. The molecule has 0 aliphatic carbocycles. The molecule has 0 atom stereocenters. The first-order valence-electron chi connectivity index (χ1n) is 10.1. The zero-order valence-electron chi connectivity index (χ0n) is 18.0. The normalized spacial score (nSPS) is 14.5. The van der Waals surface area contributed by atoms with Crippen molar-refractivity contribution < 1.29 is 28.2 Å². The fraction of sp³-hybridized carbons (Fsp3) is 0.208. The smallest absolute Gasteiger partial charge is 0.293 e. The van der Waals surface area contributed by atoms with Crippen LogP contribution >= 0.6 is 11.8 Å². The summed E-state index contributed by atoms with van der Waals surface area (Å²) in [7, 11) is 1.51. The van der Waals surface area contributed by atoms with Gasteiger partial charge in [0.25, 0.3) is 17.1 Å². The Hall–Kier alpha value is -3.59. The van der Waals surface area contributed by atoms with Crippen molar-refractivity contribution >= 4 is 34.9 Å². The fourth-order valence-corrected chi connectivity index (χ4v) is 3.91. The maximum Gasteiger partial charge on any atom is 0.293 e. The Balaban J connectivity index is 1.49. The van der Waals surface area contributed by atoms with Gasteiger partial charge in [0.05, 0.1) is 12.0 Å². The lowest BCUT2D eigenvalue weighted by molar-refractivity contribution is -0.125. The predicted octanol–water partition coefficient (Wildman–Crippen LogP) is 3.79. The molecule has 0 saturated carbocycles. The molecule has 0 unspecified atom stereocenters. The highest BCUT2D eigenvalue weighted by molar-refractivity contribution is 8.18. The van der Waals surface area contributed by atoms with Crippen LogP contribution in [0.5, 0.6) is 11.5 Å². The number of carbonyl (C=O) groups excluding carboxylic acids is 3. The highest BCUT2D eigenvalue weighted by atomic mass is 32.2. The van der Waals surface area contributed by atoms with Crippen molar-refractivity contribution in [1.29, 1.82) is 0 Å². The molecule has 2 aromatic rings. The molecule has 3 rings (SSSR count). The number of methoxy groups -OCH3 is 1. The summed E-state index contributed by atoms with van der Waals surface area (Å²) in [5.41, 5.74) is 1.22. The van der Waals surface area contributed by atoms with Crippen LogP contribution in [0, 0.1) is 5.82 Å². The molecule has 0 bridgehead atoms. The first-order chi connectivity index (χ1) is 15.9. The van der Waals surface area contributed by atoms with Crippen LogP contribution in [0.1, 0.15) is 11.1 Å². The summed E-state index contributed by atoms with van der Waals surface area (Å²) in [6, 6.07) is 11.4. The van der Waals surface area contributed by atoms with Crippen LogP contribution in [-0.2, 0) is 16.0 Å². The number of nitrogens with zero attached hydrogens (tertiary/aromatic N) is 1. The van der Waals surface area contributed by atoms with E-state index in [2.05, 4.69) is 11.9 Å². The van der Waals surface area contributed by atoms with Crippen molar-refractivity contribution in [2.24, 2.45) is 0 Å². The maximum absolute atomic E-state index is 13.8. The van der Waals surface area contributed by atoms with E-state index in [-0.39, 0.29) is 30.2 Å². The third-order valence-electron chi connectivity index (χ3n) is 4.69. The standard InChI is InChI=1S/C24H23FN2O5S/c1-3-6-16-9-10-19(20(13-16)31-2)32-15-22(28)26-11-12-27-23(29)21(33-24(27)30)14-17-7-4-5-8-18(17)25/h3-5,7-10,13-14H,1,6,11-12,15H2,2H3,(H,26,28)/b21-14-. The molecule has 7 nitrogen and oxygen atoms in total. The second-order valence-corrected chi connectivity index (χ2v) is 7.96. The van der Waals surface area contributed by atoms with E-state index >= 15 is 0 Å². The third-order valence-corrected chi connectivity index (χ3v) is 5.60. The molecular formula is C24H23FN2O5S. The van der Waals surface area contributed by atoms with Crippen LogP contribution in [0.3, 0.4) is 0 Å². The number of rotatable bonds is 10. The van der Waals surface area contributed by atoms with Gasteiger partial charge in [-0.2, -0.15) is 0 Å². The van der Waals surface area contributed by atoms with Crippen LogP contribution in [0.2, 0.25) is 0 Å². The molecule has 9 heteroatoms. The second-order valence-electron chi connectivity index (χ2n) is 6.97. The Morgan fingerprint density at radius 2 is 2.00 bits per heavy atom. The minimum absolute atomic E-state index is 0.00934. The number of ether oxygens (including phenoxy) is 2. The summed E-state index contributed by atoms with van der Waals surface area (Å²) in [6.07, 6.45) is 3.80. The average molecular weight is 471 g/mol. The van der Waals surface area contributed by atoms with E-state index in [9.17, 15) is 18.8 Å². The van der Waals surface area contributed by atoms with E-state index in [1.54, 1.807) is 24.3 Å². The summed E-state index contributed by atoms with van der Waals surface area (Å²) in [6.45, 7) is 3.49.